The lowest BCUT2D eigenvalue weighted by Crippen LogP contribution is -2.48. The molecule has 1 fully saturated rings. The van der Waals surface area contributed by atoms with Crippen LogP contribution in [0.15, 0.2) is 53.5 Å². The van der Waals surface area contributed by atoms with E-state index in [-0.39, 0.29) is 24.0 Å². The minimum absolute atomic E-state index is 0. The molecule has 1 saturated heterocycles. The van der Waals surface area contributed by atoms with Gasteiger partial charge >= 0.3 is 0 Å². The van der Waals surface area contributed by atoms with Crippen LogP contribution in [0.2, 0.25) is 0 Å². The van der Waals surface area contributed by atoms with Gasteiger partial charge in [0.05, 0.1) is 13.7 Å². The van der Waals surface area contributed by atoms with E-state index in [0.29, 0.717) is 12.6 Å². The normalized spacial score (nSPS) is 15.4. The highest BCUT2D eigenvalue weighted by Gasteiger charge is 2.20. The molecule has 30 heavy (non-hydrogen) atoms. The predicted octanol–water partition coefficient (Wildman–Crippen LogP) is 4.34. The molecule has 0 atom stereocenters. The van der Waals surface area contributed by atoms with Gasteiger partial charge in [0.25, 0.3) is 0 Å². The van der Waals surface area contributed by atoms with Crippen LogP contribution in [-0.2, 0) is 13.1 Å². The quantitative estimate of drug-likeness (QED) is 0.323. The van der Waals surface area contributed by atoms with Crippen molar-refractivity contribution in [3.63, 3.8) is 0 Å². The topological polar surface area (TPSA) is 48.9 Å². The van der Waals surface area contributed by atoms with Crippen LogP contribution in [0.5, 0.6) is 5.75 Å². The van der Waals surface area contributed by atoms with E-state index in [2.05, 4.69) is 71.8 Å². The minimum atomic E-state index is 0. The number of nitrogens with zero attached hydrogens (tertiary/aromatic N) is 2. The molecule has 0 radical (unpaired) electrons. The molecule has 1 aliphatic heterocycles. The number of piperidine rings is 1. The lowest BCUT2D eigenvalue weighted by atomic mass is 10.0. The van der Waals surface area contributed by atoms with E-state index in [1.54, 1.807) is 7.11 Å². The van der Waals surface area contributed by atoms with Crippen molar-refractivity contribution in [1.82, 2.24) is 15.5 Å². The molecule has 0 amide bonds. The summed E-state index contributed by atoms with van der Waals surface area (Å²) in [6, 6.07) is 17.5. The largest absolute Gasteiger partial charge is 0.496 e. The van der Waals surface area contributed by atoms with E-state index in [4.69, 9.17) is 9.73 Å². The predicted molar refractivity (Wildman–Crippen MR) is 136 cm³/mol. The van der Waals surface area contributed by atoms with E-state index in [0.717, 1.165) is 56.3 Å². The molecule has 2 aromatic rings. The molecule has 0 saturated carbocycles. The smallest absolute Gasteiger partial charge is 0.191 e. The summed E-state index contributed by atoms with van der Waals surface area (Å²) in [5.74, 6) is 1.83. The van der Waals surface area contributed by atoms with Crippen LogP contribution in [0, 0.1) is 6.92 Å². The lowest BCUT2D eigenvalue weighted by Gasteiger charge is -2.33. The van der Waals surface area contributed by atoms with Crippen molar-refractivity contribution in [2.45, 2.75) is 45.8 Å². The maximum atomic E-state index is 5.35. The molecular weight excluding hydrogens is 487 g/mol. The first-order chi connectivity index (χ1) is 14.2. The maximum Gasteiger partial charge on any atom is 0.191 e. The Morgan fingerprint density at radius 1 is 1.10 bits per heavy atom. The molecule has 0 unspecified atom stereocenters. The molecule has 1 aliphatic rings. The second-order valence-corrected chi connectivity index (χ2v) is 7.68. The Kier molecular flexibility index (Phi) is 10.4. The zero-order valence-electron chi connectivity index (χ0n) is 18.4. The van der Waals surface area contributed by atoms with Gasteiger partial charge in [-0.1, -0.05) is 42.5 Å². The van der Waals surface area contributed by atoms with Gasteiger partial charge in [0, 0.05) is 32.2 Å². The molecule has 0 spiro atoms. The van der Waals surface area contributed by atoms with Crippen molar-refractivity contribution in [2.75, 3.05) is 26.7 Å². The van der Waals surface area contributed by atoms with Gasteiger partial charge in [0.1, 0.15) is 5.75 Å². The number of methoxy groups -OCH3 is 1. The number of aryl methyl sites for hydroxylation is 1. The number of ether oxygens (including phenoxy) is 1. The fraction of sp³-hybridized carbons (Fsp3) is 0.458. The van der Waals surface area contributed by atoms with Crippen molar-refractivity contribution >= 4 is 29.9 Å². The van der Waals surface area contributed by atoms with E-state index >= 15 is 0 Å². The first-order valence-corrected chi connectivity index (χ1v) is 10.6. The van der Waals surface area contributed by atoms with Gasteiger partial charge in [0.15, 0.2) is 5.96 Å². The Labute approximate surface area is 198 Å². The van der Waals surface area contributed by atoms with Crippen LogP contribution in [0.25, 0.3) is 0 Å². The first kappa shape index (κ1) is 24.5. The Morgan fingerprint density at radius 3 is 2.47 bits per heavy atom. The Balaban J connectivity index is 0.00000320. The molecule has 5 nitrogen and oxygen atoms in total. The summed E-state index contributed by atoms with van der Waals surface area (Å²) >= 11 is 0. The van der Waals surface area contributed by atoms with Crippen molar-refractivity contribution in [2.24, 2.45) is 4.99 Å². The number of benzene rings is 2. The highest BCUT2D eigenvalue weighted by Crippen LogP contribution is 2.19. The monoisotopic (exact) mass is 522 g/mol. The number of halogens is 1. The summed E-state index contributed by atoms with van der Waals surface area (Å²) in [7, 11) is 1.71. The van der Waals surface area contributed by atoms with Crippen LogP contribution >= 0.6 is 24.0 Å². The number of likely N-dealkylation sites (tertiary alicyclic amines) is 1. The summed E-state index contributed by atoms with van der Waals surface area (Å²) < 4.78 is 5.35. The van der Waals surface area contributed by atoms with Gasteiger partial charge in [-0.3, -0.25) is 4.90 Å². The van der Waals surface area contributed by atoms with Crippen molar-refractivity contribution in [3.05, 3.63) is 65.2 Å². The van der Waals surface area contributed by atoms with Crippen LogP contribution in [0.1, 0.15) is 36.5 Å². The molecular formula is C24H35IN4O. The van der Waals surface area contributed by atoms with E-state index < -0.39 is 0 Å². The number of hydrogen-bond acceptors (Lipinski definition) is 3. The first-order valence-electron chi connectivity index (χ1n) is 10.6. The van der Waals surface area contributed by atoms with Crippen molar-refractivity contribution < 1.29 is 4.74 Å². The van der Waals surface area contributed by atoms with Crippen molar-refractivity contribution in [3.8, 4) is 5.75 Å². The second kappa shape index (κ2) is 12.8. The summed E-state index contributed by atoms with van der Waals surface area (Å²) in [4.78, 5) is 7.34. The third kappa shape index (κ3) is 7.47. The molecule has 2 aromatic carbocycles. The SMILES string of the molecule is CCNC(=NCc1ccc(OC)c(C)c1)NC1CCN(Cc2ccccc2)CC1.I. The minimum Gasteiger partial charge on any atom is -0.496 e. The van der Waals surface area contributed by atoms with Gasteiger partial charge in [-0.25, -0.2) is 4.99 Å². The number of nitrogens with one attached hydrogen (secondary N) is 2. The van der Waals surface area contributed by atoms with Crippen LogP contribution < -0.4 is 15.4 Å². The number of guanidine groups is 1. The molecule has 6 heteroatoms. The molecule has 1 heterocycles. The van der Waals surface area contributed by atoms with E-state index in [1.165, 1.54) is 11.1 Å². The fourth-order valence-electron chi connectivity index (χ4n) is 3.80. The third-order valence-electron chi connectivity index (χ3n) is 5.40. The van der Waals surface area contributed by atoms with Gasteiger partial charge in [0.2, 0.25) is 0 Å². The maximum absolute atomic E-state index is 5.35. The van der Waals surface area contributed by atoms with Crippen LogP contribution in [0.4, 0.5) is 0 Å². The number of rotatable bonds is 7. The van der Waals surface area contributed by atoms with E-state index in [9.17, 15) is 0 Å². The molecule has 2 N–H and O–H groups in total. The Morgan fingerprint density at radius 2 is 1.83 bits per heavy atom. The van der Waals surface area contributed by atoms with E-state index in [1.807, 2.05) is 6.07 Å². The highest BCUT2D eigenvalue weighted by atomic mass is 127. The summed E-state index contributed by atoms with van der Waals surface area (Å²) in [6.45, 7) is 8.97. The van der Waals surface area contributed by atoms with Gasteiger partial charge in [-0.2, -0.15) is 0 Å². The zero-order chi connectivity index (χ0) is 20.5. The summed E-state index contributed by atoms with van der Waals surface area (Å²) in [6.07, 6.45) is 2.28. The summed E-state index contributed by atoms with van der Waals surface area (Å²) in [5, 5.41) is 7.03. The molecule has 0 aliphatic carbocycles. The molecule has 164 valence electrons. The fourth-order valence-corrected chi connectivity index (χ4v) is 3.80. The molecule has 0 aromatic heterocycles. The van der Waals surface area contributed by atoms with Gasteiger partial charge < -0.3 is 15.4 Å². The van der Waals surface area contributed by atoms with Crippen LogP contribution in [-0.4, -0.2) is 43.6 Å². The summed E-state index contributed by atoms with van der Waals surface area (Å²) in [5.41, 5.74) is 3.73. The standard InChI is InChI=1S/C24H34N4O.HI/c1-4-25-24(26-17-21-10-11-23(29-3)19(2)16-21)27-22-12-14-28(15-13-22)18-20-8-6-5-7-9-20;/h5-11,16,22H,4,12-15,17-18H2,1-3H3,(H2,25,26,27);1H. The average molecular weight is 522 g/mol. The van der Waals surface area contributed by atoms with Crippen molar-refractivity contribution in [1.29, 1.82) is 0 Å². The zero-order valence-corrected chi connectivity index (χ0v) is 20.7. The molecule has 0 bridgehead atoms. The molecule has 3 rings (SSSR count). The highest BCUT2D eigenvalue weighted by molar-refractivity contribution is 14.0. The van der Waals surface area contributed by atoms with Gasteiger partial charge in [-0.15, -0.1) is 24.0 Å². The Hall–Kier alpha value is -1.80. The Bertz CT molecular complexity index is 789. The lowest BCUT2D eigenvalue weighted by molar-refractivity contribution is 0.198. The second-order valence-electron chi connectivity index (χ2n) is 7.68. The average Bonchev–Trinajstić information content (AvgIpc) is 2.74. The van der Waals surface area contributed by atoms with Gasteiger partial charge in [-0.05, 0) is 49.4 Å². The van der Waals surface area contributed by atoms with Crippen LogP contribution in [0.3, 0.4) is 0 Å². The number of hydrogen-bond donors (Lipinski definition) is 2. The number of aliphatic imine (C=N–C) groups is 1. The third-order valence-corrected chi connectivity index (χ3v) is 5.40.